The van der Waals surface area contributed by atoms with Crippen LogP contribution in [0.1, 0.15) is 37.0 Å². The molecule has 160 valence electrons. The molecule has 1 atom stereocenters. The van der Waals surface area contributed by atoms with Gasteiger partial charge >= 0.3 is 0 Å². The van der Waals surface area contributed by atoms with E-state index in [-0.39, 0.29) is 18.4 Å². The van der Waals surface area contributed by atoms with Crippen molar-refractivity contribution in [1.29, 1.82) is 0 Å². The van der Waals surface area contributed by atoms with Gasteiger partial charge in [-0.1, -0.05) is 59.8 Å². The summed E-state index contributed by atoms with van der Waals surface area (Å²) in [6.07, 6.45) is 1.82. The Balaban J connectivity index is 1.67. The number of likely N-dealkylation sites (tertiary alicyclic amines) is 1. The second-order valence-corrected chi connectivity index (χ2v) is 7.92. The van der Waals surface area contributed by atoms with E-state index >= 15 is 0 Å². The second-order valence-electron chi connectivity index (χ2n) is 7.92. The summed E-state index contributed by atoms with van der Waals surface area (Å²) in [4.78, 5) is 31.9. The van der Waals surface area contributed by atoms with Gasteiger partial charge in [0.05, 0.1) is 6.54 Å². The van der Waals surface area contributed by atoms with Crippen molar-refractivity contribution >= 4 is 11.8 Å². The molecule has 2 heterocycles. The van der Waals surface area contributed by atoms with Gasteiger partial charge in [0.2, 0.25) is 17.7 Å². The molecule has 1 aromatic heterocycles. The van der Waals surface area contributed by atoms with Gasteiger partial charge in [0, 0.05) is 26.8 Å². The minimum Gasteiger partial charge on any atom is -0.347 e. The number of benzene rings is 2. The van der Waals surface area contributed by atoms with E-state index in [2.05, 4.69) is 33.7 Å². The Hall–Kier alpha value is -3.48. The molecule has 1 aliphatic heterocycles. The van der Waals surface area contributed by atoms with Gasteiger partial charge in [0.1, 0.15) is 5.54 Å². The van der Waals surface area contributed by atoms with Gasteiger partial charge in [-0.25, -0.2) is 0 Å². The van der Waals surface area contributed by atoms with Crippen LogP contribution >= 0.6 is 0 Å². The molecule has 0 spiro atoms. The number of amides is 2. The number of nitrogens with one attached hydrogen (secondary N) is 1. The molecule has 7 heteroatoms. The van der Waals surface area contributed by atoms with Crippen molar-refractivity contribution in [2.75, 3.05) is 6.54 Å². The topological polar surface area (TPSA) is 88.3 Å². The molecule has 0 bridgehead atoms. The average Bonchev–Trinajstić information content (AvgIpc) is 3.40. The molecule has 0 radical (unpaired) electrons. The van der Waals surface area contributed by atoms with Crippen LogP contribution < -0.4 is 5.32 Å². The lowest BCUT2D eigenvalue weighted by atomic mass is 9.84. The molecule has 31 heavy (non-hydrogen) atoms. The van der Waals surface area contributed by atoms with Crippen LogP contribution in [0.3, 0.4) is 0 Å². The average molecular weight is 418 g/mol. The highest BCUT2D eigenvalue weighted by atomic mass is 16.5. The Morgan fingerprint density at radius 1 is 1.13 bits per heavy atom. The van der Waals surface area contributed by atoms with Crippen molar-refractivity contribution in [3.8, 4) is 11.1 Å². The van der Waals surface area contributed by atoms with E-state index in [4.69, 9.17) is 4.52 Å². The first-order valence-corrected chi connectivity index (χ1v) is 10.5. The van der Waals surface area contributed by atoms with Gasteiger partial charge in [-0.3, -0.25) is 9.59 Å². The lowest BCUT2D eigenvalue weighted by Gasteiger charge is -2.37. The zero-order valence-electron chi connectivity index (χ0n) is 17.8. The molecule has 4 rings (SSSR count). The summed E-state index contributed by atoms with van der Waals surface area (Å²) in [5.74, 6) is 0.575. The molecule has 7 nitrogen and oxygen atoms in total. The Morgan fingerprint density at radius 2 is 1.87 bits per heavy atom. The van der Waals surface area contributed by atoms with Crippen molar-refractivity contribution in [2.45, 2.75) is 45.2 Å². The predicted molar refractivity (Wildman–Crippen MR) is 116 cm³/mol. The maximum atomic E-state index is 13.5. The van der Waals surface area contributed by atoms with Crippen LogP contribution in [0.15, 0.2) is 59.1 Å². The van der Waals surface area contributed by atoms with Crippen LogP contribution in [0.2, 0.25) is 0 Å². The summed E-state index contributed by atoms with van der Waals surface area (Å²) in [5, 5.41) is 6.79. The monoisotopic (exact) mass is 418 g/mol. The Kier molecular flexibility index (Phi) is 5.84. The second kappa shape index (κ2) is 8.71. The smallest absolute Gasteiger partial charge is 0.246 e. The predicted octanol–water partition coefficient (Wildman–Crippen LogP) is 3.29. The number of hydrogen-bond donors (Lipinski definition) is 1. The highest BCUT2D eigenvalue weighted by Crippen LogP contribution is 2.36. The van der Waals surface area contributed by atoms with Crippen molar-refractivity contribution < 1.29 is 14.1 Å². The molecule has 2 aromatic carbocycles. The van der Waals surface area contributed by atoms with Crippen LogP contribution in [0, 0.1) is 6.92 Å². The number of aromatic nitrogens is 2. The third-order valence-corrected chi connectivity index (χ3v) is 5.85. The third kappa shape index (κ3) is 4.21. The molecule has 1 unspecified atom stereocenters. The molecule has 1 saturated heterocycles. The maximum absolute atomic E-state index is 13.5. The molecule has 0 aliphatic carbocycles. The van der Waals surface area contributed by atoms with Crippen molar-refractivity contribution in [2.24, 2.45) is 0 Å². The summed E-state index contributed by atoms with van der Waals surface area (Å²) in [6.45, 7) is 3.95. The first-order valence-electron chi connectivity index (χ1n) is 10.5. The highest BCUT2D eigenvalue weighted by molar-refractivity contribution is 5.92. The number of aryl methyl sites for hydroxylation is 1. The lowest BCUT2D eigenvalue weighted by Crippen LogP contribution is -2.58. The van der Waals surface area contributed by atoms with E-state index in [9.17, 15) is 9.59 Å². The first kappa shape index (κ1) is 20.8. The fourth-order valence-electron chi connectivity index (χ4n) is 4.46. The van der Waals surface area contributed by atoms with E-state index in [0.717, 1.165) is 23.1 Å². The van der Waals surface area contributed by atoms with Crippen LogP contribution in [0.4, 0.5) is 0 Å². The SMILES string of the molecule is CC(=O)N1CCCC1(Cc1ccccc1-c1ccccc1)C(=O)NCc1noc(C)n1. The van der Waals surface area contributed by atoms with Crippen LogP contribution in [0.25, 0.3) is 11.1 Å². The molecule has 1 aliphatic rings. The third-order valence-electron chi connectivity index (χ3n) is 5.85. The molecule has 1 N–H and O–H groups in total. The Morgan fingerprint density at radius 3 is 2.58 bits per heavy atom. The van der Waals surface area contributed by atoms with Gasteiger partial charge in [0.25, 0.3) is 0 Å². The summed E-state index contributed by atoms with van der Waals surface area (Å²) in [5.41, 5.74) is 2.24. The summed E-state index contributed by atoms with van der Waals surface area (Å²) in [7, 11) is 0. The molecule has 3 aromatic rings. The van der Waals surface area contributed by atoms with Crippen molar-refractivity contribution in [3.05, 3.63) is 71.9 Å². The quantitative estimate of drug-likeness (QED) is 0.664. The normalized spacial score (nSPS) is 18.2. The fourth-order valence-corrected chi connectivity index (χ4v) is 4.46. The first-order chi connectivity index (χ1) is 15.0. The van der Waals surface area contributed by atoms with E-state index in [0.29, 0.717) is 31.1 Å². The molecular weight excluding hydrogens is 392 g/mol. The van der Waals surface area contributed by atoms with Gasteiger partial charge in [-0.05, 0) is 29.5 Å². The zero-order chi connectivity index (χ0) is 21.8. The maximum Gasteiger partial charge on any atom is 0.246 e. The van der Waals surface area contributed by atoms with E-state index < -0.39 is 5.54 Å². The van der Waals surface area contributed by atoms with Crippen LogP contribution in [-0.2, 0) is 22.6 Å². The zero-order valence-corrected chi connectivity index (χ0v) is 17.8. The minimum atomic E-state index is -0.949. The summed E-state index contributed by atoms with van der Waals surface area (Å²) in [6, 6.07) is 18.2. The van der Waals surface area contributed by atoms with E-state index in [1.165, 1.54) is 6.92 Å². The summed E-state index contributed by atoms with van der Waals surface area (Å²) >= 11 is 0. The Bertz CT molecular complexity index is 1080. The van der Waals surface area contributed by atoms with Gasteiger partial charge in [-0.15, -0.1) is 0 Å². The van der Waals surface area contributed by atoms with Gasteiger partial charge in [0.15, 0.2) is 5.82 Å². The fraction of sp³-hybridized carbons (Fsp3) is 0.333. The number of nitrogens with zero attached hydrogens (tertiary/aromatic N) is 3. The van der Waals surface area contributed by atoms with Crippen molar-refractivity contribution in [3.63, 3.8) is 0 Å². The molecular formula is C24H26N4O3. The molecule has 0 saturated carbocycles. The van der Waals surface area contributed by atoms with Gasteiger partial charge in [-0.2, -0.15) is 4.98 Å². The molecule has 1 fully saturated rings. The largest absolute Gasteiger partial charge is 0.347 e. The highest BCUT2D eigenvalue weighted by Gasteiger charge is 2.48. The van der Waals surface area contributed by atoms with E-state index in [1.807, 2.05) is 36.4 Å². The minimum absolute atomic E-state index is 0.0970. The van der Waals surface area contributed by atoms with Crippen LogP contribution in [0.5, 0.6) is 0 Å². The lowest BCUT2D eigenvalue weighted by molar-refractivity contribution is -0.143. The van der Waals surface area contributed by atoms with Gasteiger partial charge < -0.3 is 14.7 Å². The number of carbonyl (C=O) groups is 2. The number of carbonyl (C=O) groups excluding carboxylic acids is 2. The van der Waals surface area contributed by atoms with Crippen LogP contribution in [-0.4, -0.2) is 38.9 Å². The summed E-state index contributed by atoms with van der Waals surface area (Å²) < 4.78 is 4.99. The standard InChI is InChI=1S/C24H26N4O3/c1-17-26-22(27-31-17)16-25-23(30)24(13-8-14-28(24)18(2)29)15-20-11-6-7-12-21(20)19-9-4-3-5-10-19/h3-7,9-12H,8,13-16H2,1-2H3,(H,25,30). The van der Waals surface area contributed by atoms with E-state index in [1.54, 1.807) is 11.8 Å². The van der Waals surface area contributed by atoms with Crippen molar-refractivity contribution in [1.82, 2.24) is 20.4 Å². The number of hydrogen-bond acceptors (Lipinski definition) is 5. The Labute approximate surface area is 181 Å². The number of rotatable bonds is 6. The molecule has 2 amide bonds.